The number of halogens is 1. The summed E-state index contributed by atoms with van der Waals surface area (Å²) in [7, 11) is 0. The fraction of sp³-hybridized carbons (Fsp3) is 0.467. The molecule has 0 heterocycles. The minimum atomic E-state index is -0.192. The van der Waals surface area contributed by atoms with E-state index in [0.717, 1.165) is 16.6 Å². The number of hydrogen-bond donors (Lipinski definition) is 2. The lowest BCUT2D eigenvalue weighted by molar-refractivity contribution is -0.125. The monoisotopic (exact) mass is 338 g/mol. The maximum absolute atomic E-state index is 12.0. The van der Waals surface area contributed by atoms with Gasteiger partial charge in [-0.25, -0.2) is 0 Å². The van der Waals surface area contributed by atoms with Gasteiger partial charge < -0.3 is 10.6 Å². The van der Waals surface area contributed by atoms with Gasteiger partial charge in [0, 0.05) is 16.2 Å². The van der Waals surface area contributed by atoms with Crippen molar-refractivity contribution in [3.8, 4) is 0 Å². The van der Waals surface area contributed by atoms with Crippen LogP contribution >= 0.6 is 15.9 Å². The van der Waals surface area contributed by atoms with Crippen LogP contribution in [0.2, 0.25) is 0 Å². The van der Waals surface area contributed by atoms with Crippen LogP contribution < -0.4 is 10.6 Å². The smallest absolute Gasteiger partial charge is 0.228 e. The topological polar surface area (TPSA) is 58.2 Å². The van der Waals surface area contributed by atoms with Gasteiger partial charge in [0.2, 0.25) is 11.8 Å². The summed E-state index contributed by atoms with van der Waals surface area (Å²) in [5.74, 6) is -0.436. The number of nitrogens with one attached hydrogen (secondary N) is 2. The lowest BCUT2D eigenvalue weighted by Crippen LogP contribution is -2.34. The van der Waals surface area contributed by atoms with E-state index >= 15 is 0 Å². The van der Waals surface area contributed by atoms with Crippen LogP contribution in [0, 0.1) is 11.8 Å². The van der Waals surface area contributed by atoms with E-state index in [4.69, 9.17) is 0 Å². The molecule has 108 valence electrons. The van der Waals surface area contributed by atoms with Crippen molar-refractivity contribution in [2.75, 3.05) is 5.32 Å². The third kappa shape index (κ3) is 3.82. The van der Waals surface area contributed by atoms with Crippen molar-refractivity contribution in [3.05, 3.63) is 28.7 Å². The Kier molecular flexibility index (Phi) is 4.81. The first-order valence-electron chi connectivity index (χ1n) is 6.88. The molecule has 4 nitrogen and oxygen atoms in total. The van der Waals surface area contributed by atoms with Crippen molar-refractivity contribution >= 4 is 33.4 Å². The van der Waals surface area contributed by atoms with Crippen LogP contribution in [-0.2, 0) is 9.59 Å². The zero-order chi connectivity index (χ0) is 14.7. The highest BCUT2D eigenvalue weighted by molar-refractivity contribution is 9.10. The molecule has 0 aromatic heterocycles. The van der Waals surface area contributed by atoms with Crippen LogP contribution in [0.4, 0.5) is 5.69 Å². The van der Waals surface area contributed by atoms with Gasteiger partial charge in [-0.2, -0.15) is 0 Å². The second kappa shape index (κ2) is 6.39. The molecule has 0 saturated heterocycles. The van der Waals surface area contributed by atoms with Crippen LogP contribution in [0.3, 0.4) is 0 Å². The van der Waals surface area contributed by atoms with E-state index in [1.54, 1.807) is 0 Å². The van der Waals surface area contributed by atoms with E-state index in [2.05, 4.69) is 26.6 Å². The van der Waals surface area contributed by atoms with Crippen LogP contribution in [0.5, 0.6) is 0 Å². The first-order chi connectivity index (χ1) is 9.51. The average Bonchev–Trinajstić information content (AvgIpc) is 3.21. The van der Waals surface area contributed by atoms with Gasteiger partial charge in [0.15, 0.2) is 0 Å². The summed E-state index contributed by atoms with van der Waals surface area (Å²) < 4.78 is 0.965. The standard InChI is InChI=1S/C15H19BrN2O2/c1-3-9(2)17-14(19)12-8-13(12)15(20)18-11-6-4-10(16)5-7-11/h4-7,9,12-13H,3,8H2,1-2H3,(H,17,19)(H,18,20). The molecule has 3 unspecified atom stereocenters. The van der Waals surface area contributed by atoms with E-state index in [-0.39, 0.29) is 29.7 Å². The maximum Gasteiger partial charge on any atom is 0.228 e. The SMILES string of the molecule is CCC(C)NC(=O)C1CC1C(=O)Nc1ccc(Br)cc1. The van der Waals surface area contributed by atoms with Gasteiger partial charge in [0.1, 0.15) is 0 Å². The molecule has 2 rings (SSSR count). The van der Waals surface area contributed by atoms with E-state index in [9.17, 15) is 9.59 Å². The van der Waals surface area contributed by atoms with Gasteiger partial charge in [0.05, 0.1) is 11.8 Å². The Balaban J connectivity index is 1.84. The van der Waals surface area contributed by atoms with Crippen molar-refractivity contribution < 1.29 is 9.59 Å². The average molecular weight is 339 g/mol. The number of carbonyl (C=O) groups excluding carboxylic acids is 2. The van der Waals surface area contributed by atoms with Gasteiger partial charge in [-0.3, -0.25) is 9.59 Å². The molecule has 1 fully saturated rings. The van der Waals surface area contributed by atoms with Gasteiger partial charge >= 0.3 is 0 Å². The Morgan fingerprint density at radius 1 is 1.25 bits per heavy atom. The highest BCUT2D eigenvalue weighted by atomic mass is 79.9. The largest absolute Gasteiger partial charge is 0.353 e. The summed E-state index contributed by atoms with van der Waals surface area (Å²) in [6, 6.07) is 7.57. The molecule has 1 saturated carbocycles. The summed E-state index contributed by atoms with van der Waals surface area (Å²) in [4.78, 5) is 23.9. The minimum absolute atomic E-state index is 0.00435. The zero-order valence-corrected chi connectivity index (χ0v) is 13.2. The predicted octanol–water partition coefficient (Wildman–Crippen LogP) is 2.94. The lowest BCUT2D eigenvalue weighted by Gasteiger charge is -2.11. The molecule has 0 spiro atoms. The maximum atomic E-state index is 12.0. The Hall–Kier alpha value is -1.36. The number of amides is 2. The molecule has 1 aliphatic carbocycles. The molecule has 1 aromatic carbocycles. The van der Waals surface area contributed by atoms with Crippen LogP contribution in [-0.4, -0.2) is 17.9 Å². The van der Waals surface area contributed by atoms with Gasteiger partial charge in [-0.15, -0.1) is 0 Å². The van der Waals surface area contributed by atoms with Gasteiger partial charge in [-0.1, -0.05) is 22.9 Å². The number of rotatable bonds is 5. The van der Waals surface area contributed by atoms with E-state index in [1.807, 2.05) is 38.1 Å². The summed E-state index contributed by atoms with van der Waals surface area (Å²) in [5, 5.41) is 5.77. The molecule has 2 amide bonds. The molecule has 1 aromatic rings. The second-order valence-corrected chi connectivity index (χ2v) is 6.18. The van der Waals surface area contributed by atoms with Gasteiger partial charge in [-0.05, 0) is 44.0 Å². The quantitative estimate of drug-likeness (QED) is 0.867. The van der Waals surface area contributed by atoms with Crippen molar-refractivity contribution in [1.82, 2.24) is 5.32 Å². The predicted molar refractivity (Wildman–Crippen MR) is 82.3 cm³/mol. The molecule has 3 atom stereocenters. The fourth-order valence-electron chi connectivity index (χ4n) is 1.99. The first kappa shape index (κ1) is 15.0. The normalized spacial score (nSPS) is 21.9. The molecular weight excluding hydrogens is 320 g/mol. The third-order valence-electron chi connectivity index (χ3n) is 3.58. The number of carbonyl (C=O) groups is 2. The summed E-state index contributed by atoms with van der Waals surface area (Å²) >= 11 is 3.35. The molecule has 0 bridgehead atoms. The summed E-state index contributed by atoms with van der Waals surface area (Å²) in [6.45, 7) is 3.99. The van der Waals surface area contributed by atoms with Crippen LogP contribution in [0.15, 0.2) is 28.7 Å². The highest BCUT2D eigenvalue weighted by Crippen LogP contribution is 2.39. The minimum Gasteiger partial charge on any atom is -0.353 e. The molecule has 2 N–H and O–H groups in total. The Morgan fingerprint density at radius 3 is 2.45 bits per heavy atom. The van der Waals surface area contributed by atoms with E-state index in [1.165, 1.54) is 0 Å². The molecule has 0 radical (unpaired) electrons. The highest BCUT2D eigenvalue weighted by Gasteiger charge is 2.48. The van der Waals surface area contributed by atoms with Crippen molar-refractivity contribution in [2.45, 2.75) is 32.7 Å². The van der Waals surface area contributed by atoms with Crippen LogP contribution in [0.25, 0.3) is 0 Å². The van der Waals surface area contributed by atoms with Crippen LogP contribution in [0.1, 0.15) is 26.7 Å². The Labute approximate surface area is 127 Å². The molecule has 5 heteroatoms. The number of anilines is 1. The van der Waals surface area contributed by atoms with E-state index < -0.39 is 0 Å². The molecule has 0 aliphatic heterocycles. The fourth-order valence-corrected chi connectivity index (χ4v) is 2.26. The summed E-state index contributed by atoms with van der Waals surface area (Å²) in [6.07, 6.45) is 1.54. The lowest BCUT2D eigenvalue weighted by atomic mass is 10.2. The van der Waals surface area contributed by atoms with E-state index in [0.29, 0.717) is 6.42 Å². The Morgan fingerprint density at radius 2 is 1.85 bits per heavy atom. The number of hydrogen-bond acceptors (Lipinski definition) is 2. The number of benzene rings is 1. The first-order valence-corrected chi connectivity index (χ1v) is 7.67. The van der Waals surface area contributed by atoms with Crippen molar-refractivity contribution in [3.63, 3.8) is 0 Å². The molecular formula is C15H19BrN2O2. The van der Waals surface area contributed by atoms with Crippen molar-refractivity contribution in [1.29, 1.82) is 0 Å². The molecule has 1 aliphatic rings. The molecule has 20 heavy (non-hydrogen) atoms. The summed E-state index contributed by atoms with van der Waals surface area (Å²) in [5.41, 5.74) is 0.756. The zero-order valence-electron chi connectivity index (χ0n) is 11.7. The second-order valence-electron chi connectivity index (χ2n) is 5.26. The Bertz CT molecular complexity index is 501. The van der Waals surface area contributed by atoms with Crippen molar-refractivity contribution in [2.24, 2.45) is 11.8 Å². The van der Waals surface area contributed by atoms with Gasteiger partial charge in [0.25, 0.3) is 0 Å². The third-order valence-corrected chi connectivity index (χ3v) is 4.11.